The molecule has 0 spiro atoms. The maximum Gasteiger partial charge on any atom is 0.255 e. The van der Waals surface area contributed by atoms with E-state index in [1.165, 1.54) is 6.20 Å². The van der Waals surface area contributed by atoms with E-state index in [2.05, 4.69) is 26.3 Å². The van der Waals surface area contributed by atoms with Crippen LogP contribution < -0.4 is 5.32 Å². The molecular formula is C11H9BrClN3O. The zero-order chi connectivity index (χ0) is 12.4. The molecule has 0 aliphatic carbocycles. The van der Waals surface area contributed by atoms with Crippen molar-refractivity contribution in [2.45, 2.75) is 0 Å². The number of hydrogen-bond donors (Lipinski definition) is 1. The van der Waals surface area contributed by atoms with Crippen molar-refractivity contribution in [3.63, 3.8) is 0 Å². The van der Waals surface area contributed by atoms with E-state index in [-0.39, 0.29) is 5.91 Å². The van der Waals surface area contributed by atoms with Crippen molar-refractivity contribution < 1.29 is 4.79 Å². The lowest BCUT2D eigenvalue weighted by molar-refractivity contribution is 0.0962. The molecule has 0 aliphatic heterocycles. The topological polar surface area (TPSA) is 46.9 Å². The van der Waals surface area contributed by atoms with Crippen LogP contribution in [0.15, 0.2) is 35.1 Å². The van der Waals surface area contributed by atoms with Crippen LogP contribution in [0.3, 0.4) is 0 Å². The minimum Gasteiger partial charge on any atom is -0.355 e. The van der Waals surface area contributed by atoms with Crippen molar-refractivity contribution in [2.75, 3.05) is 7.05 Å². The molecule has 0 saturated carbocycles. The molecular weight excluding hydrogens is 305 g/mol. The molecule has 0 aliphatic rings. The molecule has 1 heterocycles. The van der Waals surface area contributed by atoms with Crippen molar-refractivity contribution in [2.24, 2.45) is 0 Å². The molecule has 1 amide bonds. The second-order valence-electron chi connectivity index (χ2n) is 3.32. The van der Waals surface area contributed by atoms with Gasteiger partial charge in [0.15, 0.2) is 0 Å². The van der Waals surface area contributed by atoms with E-state index in [0.29, 0.717) is 15.2 Å². The third-order valence-corrected chi connectivity index (χ3v) is 3.27. The Bertz CT molecular complexity index is 550. The van der Waals surface area contributed by atoms with Crippen LogP contribution in [0.1, 0.15) is 10.4 Å². The normalized spacial score (nSPS) is 10.3. The SMILES string of the molecule is CNC(=O)c1cnn(-c2ccc(Cl)cc2)c1Br. The Kier molecular flexibility index (Phi) is 3.49. The largest absolute Gasteiger partial charge is 0.355 e. The van der Waals surface area contributed by atoms with Crippen LogP contribution in [0.4, 0.5) is 0 Å². The number of nitrogens with one attached hydrogen (secondary N) is 1. The van der Waals surface area contributed by atoms with E-state index in [9.17, 15) is 4.79 Å². The van der Waals surface area contributed by atoms with E-state index in [4.69, 9.17) is 11.6 Å². The molecule has 1 aromatic heterocycles. The van der Waals surface area contributed by atoms with E-state index < -0.39 is 0 Å². The quantitative estimate of drug-likeness (QED) is 0.926. The fourth-order valence-corrected chi connectivity index (χ4v) is 2.09. The van der Waals surface area contributed by atoms with Crippen molar-refractivity contribution in [3.8, 4) is 5.69 Å². The Morgan fingerprint density at radius 2 is 2.06 bits per heavy atom. The highest BCUT2D eigenvalue weighted by atomic mass is 79.9. The summed E-state index contributed by atoms with van der Waals surface area (Å²) in [5, 5.41) is 7.36. The first-order valence-electron chi connectivity index (χ1n) is 4.85. The summed E-state index contributed by atoms with van der Waals surface area (Å²) in [5.74, 6) is -0.183. The van der Waals surface area contributed by atoms with Gasteiger partial charge in [-0.1, -0.05) is 11.6 Å². The average molecular weight is 315 g/mol. The highest BCUT2D eigenvalue weighted by Crippen LogP contribution is 2.21. The Balaban J connectivity index is 2.44. The molecule has 0 unspecified atom stereocenters. The number of halogens is 2. The maximum absolute atomic E-state index is 11.5. The summed E-state index contributed by atoms with van der Waals surface area (Å²) < 4.78 is 2.24. The molecule has 2 aromatic rings. The molecule has 1 aromatic carbocycles. The van der Waals surface area contributed by atoms with Gasteiger partial charge in [-0.05, 0) is 40.2 Å². The van der Waals surface area contributed by atoms with Gasteiger partial charge in [0.25, 0.3) is 5.91 Å². The number of carbonyl (C=O) groups excluding carboxylic acids is 1. The lowest BCUT2D eigenvalue weighted by Gasteiger charge is -2.03. The van der Waals surface area contributed by atoms with Crippen LogP contribution in [-0.2, 0) is 0 Å². The smallest absolute Gasteiger partial charge is 0.255 e. The summed E-state index contributed by atoms with van der Waals surface area (Å²) in [5.41, 5.74) is 1.32. The van der Waals surface area contributed by atoms with Gasteiger partial charge in [0.2, 0.25) is 0 Å². The minimum absolute atomic E-state index is 0.183. The summed E-state index contributed by atoms with van der Waals surface area (Å²) in [6.45, 7) is 0. The van der Waals surface area contributed by atoms with Gasteiger partial charge in [-0.3, -0.25) is 4.79 Å². The molecule has 6 heteroatoms. The Labute approximate surface area is 112 Å². The highest BCUT2D eigenvalue weighted by molar-refractivity contribution is 9.10. The van der Waals surface area contributed by atoms with Crippen molar-refractivity contribution >= 4 is 33.4 Å². The van der Waals surface area contributed by atoms with Gasteiger partial charge in [-0.25, -0.2) is 4.68 Å². The molecule has 0 radical (unpaired) electrons. The van der Waals surface area contributed by atoms with Crippen LogP contribution in [0, 0.1) is 0 Å². The zero-order valence-electron chi connectivity index (χ0n) is 8.95. The van der Waals surface area contributed by atoms with Gasteiger partial charge in [-0.2, -0.15) is 5.10 Å². The third kappa shape index (κ3) is 2.35. The molecule has 0 atom stereocenters. The lowest BCUT2D eigenvalue weighted by atomic mass is 10.3. The molecule has 0 bridgehead atoms. The first kappa shape index (κ1) is 12.1. The predicted octanol–water partition coefficient (Wildman–Crippen LogP) is 2.65. The number of amides is 1. The molecule has 2 rings (SSSR count). The van der Waals surface area contributed by atoms with E-state index in [1.807, 2.05) is 12.1 Å². The van der Waals surface area contributed by atoms with Crippen molar-refractivity contribution in [1.29, 1.82) is 0 Å². The van der Waals surface area contributed by atoms with Gasteiger partial charge < -0.3 is 5.32 Å². The molecule has 17 heavy (non-hydrogen) atoms. The third-order valence-electron chi connectivity index (χ3n) is 2.25. The molecule has 4 nitrogen and oxygen atoms in total. The minimum atomic E-state index is -0.183. The van der Waals surface area contributed by atoms with Crippen LogP contribution in [0.25, 0.3) is 5.69 Å². The molecule has 0 saturated heterocycles. The van der Waals surface area contributed by atoms with Crippen molar-refractivity contribution in [1.82, 2.24) is 15.1 Å². The van der Waals surface area contributed by atoms with Crippen LogP contribution in [0.5, 0.6) is 0 Å². The van der Waals surface area contributed by atoms with Crippen LogP contribution >= 0.6 is 27.5 Å². The first-order valence-corrected chi connectivity index (χ1v) is 6.02. The van der Waals surface area contributed by atoms with Crippen LogP contribution in [0.2, 0.25) is 5.02 Å². The van der Waals surface area contributed by atoms with Gasteiger partial charge in [0, 0.05) is 12.1 Å². The number of aromatic nitrogens is 2. The summed E-state index contributed by atoms with van der Waals surface area (Å²) >= 11 is 9.17. The molecule has 1 N–H and O–H groups in total. The Morgan fingerprint density at radius 3 is 2.65 bits per heavy atom. The number of carbonyl (C=O) groups is 1. The summed E-state index contributed by atoms with van der Waals surface area (Å²) in [7, 11) is 1.58. The number of hydrogen-bond acceptors (Lipinski definition) is 2. The second-order valence-corrected chi connectivity index (χ2v) is 4.50. The standard InChI is InChI=1S/C11H9BrClN3O/c1-14-11(17)9-6-15-16(10(9)12)8-4-2-7(13)3-5-8/h2-6H,1H3,(H,14,17). The molecule has 88 valence electrons. The van der Waals surface area contributed by atoms with Gasteiger partial charge in [0.1, 0.15) is 4.60 Å². The number of rotatable bonds is 2. The van der Waals surface area contributed by atoms with Gasteiger partial charge in [-0.15, -0.1) is 0 Å². The monoisotopic (exact) mass is 313 g/mol. The number of benzene rings is 1. The predicted molar refractivity (Wildman–Crippen MR) is 69.7 cm³/mol. The summed E-state index contributed by atoms with van der Waals surface area (Å²) in [6, 6.07) is 7.19. The van der Waals surface area contributed by atoms with E-state index in [0.717, 1.165) is 5.69 Å². The Hall–Kier alpha value is -1.33. The zero-order valence-corrected chi connectivity index (χ0v) is 11.3. The van der Waals surface area contributed by atoms with Gasteiger partial charge >= 0.3 is 0 Å². The maximum atomic E-state index is 11.5. The highest BCUT2D eigenvalue weighted by Gasteiger charge is 2.14. The average Bonchev–Trinajstić information content (AvgIpc) is 2.71. The fraction of sp³-hybridized carbons (Fsp3) is 0.0909. The van der Waals surface area contributed by atoms with Gasteiger partial charge in [0.05, 0.1) is 17.4 Å². The second kappa shape index (κ2) is 4.89. The summed E-state index contributed by atoms with van der Waals surface area (Å²) in [6.07, 6.45) is 1.51. The number of nitrogens with zero attached hydrogens (tertiary/aromatic N) is 2. The van der Waals surface area contributed by atoms with E-state index in [1.54, 1.807) is 23.9 Å². The van der Waals surface area contributed by atoms with Crippen molar-refractivity contribution in [3.05, 3.63) is 45.7 Å². The molecule has 0 fully saturated rings. The lowest BCUT2D eigenvalue weighted by Crippen LogP contribution is -2.17. The van der Waals surface area contributed by atoms with Crippen LogP contribution in [-0.4, -0.2) is 22.7 Å². The summed E-state index contributed by atoms with van der Waals surface area (Å²) in [4.78, 5) is 11.5. The fourth-order valence-electron chi connectivity index (χ4n) is 1.38. The first-order chi connectivity index (χ1) is 8.13. The Morgan fingerprint density at radius 1 is 1.41 bits per heavy atom. The van der Waals surface area contributed by atoms with E-state index >= 15 is 0 Å².